The number of para-hydroxylation sites is 1. The Morgan fingerprint density at radius 2 is 0.475 bits per heavy atom. The van der Waals surface area contributed by atoms with Crippen molar-refractivity contribution in [1.29, 1.82) is 0 Å². The quantitative estimate of drug-likeness (QED) is 0.0196. The first-order chi connectivity index (χ1) is 67.0. The Morgan fingerprint density at radius 3 is 0.799 bits per heavy atom. The fourth-order valence-corrected chi connectivity index (χ4v) is 18.5. The van der Waals surface area contributed by atoms with Crippen molar-refractivity contribution in [1.82, 2.24) is 0 Å². The van der Waals surface area contributed by atoms with Crippen molar-refractivity contribution in [2.24, 2.45) is 47.3 Å². The Morgan fingerprint density at radius 1 is 0.237 bits per heavy atom. The van der Waals surface area contributed by atoms with Crippen LogP contribution in [0.4, 0.5) is 0 Å². The molecule has 12 rings (SSSR count). The van der Waals surface area contributed by atoms with Crippen LogP contribution in [0.3, 0.4) is 0 Å². The number of hydrogen-bond donors (Lipinski definition) is 0. The molecule has 2 aromatic rings. The van der Waals surface area contributed by atoms with Gasteiger partial charge in [0.05, 0.1) is 68.9 Å². The van der Waals surface area contributed by atoms with Crippen LogP contribution in [0.1, 0.15) is 330 Å². The van der Waals surface area contributed by atoms with Crippen molar-refractivity contribution in [2.45, 2.75) is 379 Å². The first kappa shape index (κ1) is 117. The Labute approximate surface area is 827 Å². The molecule has 0 aliphatic heterocycles. The molecule has 10 aliphatic carbocycles. The molecule has 0 unspecified atom stereocenters. The summed E-state index contributed by atoms with van der Waals surface area (Å²) in [6, 6.07) is 18.9. The number of ether oxygens (including phenoxy) is 18. The number of benzene rings is 2. The number of carbonyl (C=O) groups is 10. The Bertz CT molecular complexity index is 3980. The lowest BCUT2D eigenvalue weighted by atomic mass is 9.87. The lowest BCUT2D eigenvalue weighted by molar-refractivity contribution is -0.169. The van der Waals surface area contributed by atoms with Crippen molar-refractivity contribution >= 4 is 59.7 Å². The Kier molecular flexibility index (Phi) is 57.5. The summed E-state index contributed by atoms with van der Waals surface area (Å²) in [5.41, 5.74) is 3.59. The van der Waals surface area contributed by atoms with Crippen LogP contribution in [0.25, 0.3) is 0 Å². The van der Waals surface area contributed by atoms with E-state index in [1.807, 2.05) is 48.5 Å². The van der Waals surface area contributed by atoms with E-state index in [0.29, 0.717) is 181 Å². The molecule has 0 heterocycles. The molecule has 0 spiro atoms. The van der Waals surface area contributed by atoms with E-state index in [1.54, 1.807) is 53.7 Å². The van der Waals surface area contributed by atoms with Gasteiger partial charge in [-0.3, -0.25) is 19.2 Å². The van der Waals surface area contributed by atoms with E-state index in [1.165, 1.54) is 116 Å². The van der Waals surface area contributed by atoms with Gasteiger partial charge in [0.1, 0.15) is 56.0 Å². The molecular weight excluding hydrogens is 1780 g/mol. The van der Waals surface area contributed by atoms with Gasteiger partial charge in [-0.15, -0.1) is 0 Å². The highest BCUT2D eigenvalue weighted by molar-refractivity contribution is 5.89. The van der Waals surface area contributed by atoms with Crippen LogP contribution < -0.4 is 4.74 Å². The zero-order chi connectivity index (χ0) is 100. The maximum Gasteiger partial charge on any atom is 0.333 e. The van der Waals surface area contributed by atoms with E-state index in [0.717, 1.165) is 101 Å². The molecule has 2 aromatic carbocycles. The monoisotopic (exact) mass is 1950 g/mol. The van der Waals surface area contributed by atoms with Crippen molar-refractivity contribution in [3.63, 3.8) is 0 Å². The summed E-state index contributed by atoms with van der Waals surface area (Å²) in [5.74, 6) is -0.0583. The summed E-state index contributed by atoms with van der Waals surface area (Å²) >= 11 is 0. The molecule has 0 aromatic heterocycles. The van der Waals surface area contributed by atoms with E-state index in [-0.39, 0.29) is 159 Å². The second kappa shape index (κ2) is 68.3. The van der Waals surface area contributed by atoms with Gasteiger partial charge in [0.2, 0.25) is 6.79 Å². The van der Waals surface area contributed by atoms with E-state index in [2.05, 4.69) is 39.5 Å². The largest absolute Gasteiger partial charge is 0.459 e. The Hall–Kier alpha value is -8.90. The average Bonchev–Trinajstić information content (AvgIpc) is 0.881. The summed E-state index contributed by atoms with van der Waals surface area (Å²) in [5, 5.41) is 0. The molecule has 778 valence electrons. The van der Waals surface area contributed by atoms with Gasteiger partial charge in [-0.05, 0) is 288 Å². The van der Waals surface area contributed by atoms with E-state index in [4.69, 9.17) is 85.3 Å². The topological polar surface area (TPSA) is 337 Å². The van der Waals surface area contributed by atoms with Gasteiger partial charge >= 0.3 is 59.7 Å². The van der Waals surface area contributed by atoms with Crippen molar-refractivity contribution in [3.8, 4) is 5.75 Å². The summed E-state index contributed by atoms with van der Waals surface area (Å²) in [4.78, 5) is 117. The summed E-state index contributed by atoms with van der Waals surface area (Å²) in [6.07, 6.45) is 44.0. The molecule has 0 amide bonds. The second-order valence-corrected chi connectivity index (χ2v) is 39.5. The standard InChI is InChI=1S/C19H30O5.C19H24O5.C19H32O4.C18H28O5.C18H22O5.C18H30O4/c2*1-14(2)18(20)24-17-10-8-16(9-11-17)19(21)23-13-22-12-15-6-4-3-5-7-15;1-15(2)19(20)23-18-10-8-17(9-11-18)13-22-14-21-12-16-6-4-3-5-7-16;2*1-13(2)17(19)23-16-10-8-14(9-11-16)18(20)22-12-21-15-6-4-3-5-7-15;1-14(2)18(19)22-17-10-8-16(9-11-17)21-13-20-12-15-6-4-3-5-7-15/h15-17H,1,3-13H2,2H3;3-7,16-17H,1,8-13H2,2H3;16-18H,1,3-14H2,2H3;14-16H,1,3-12H2,2H3;3-7,14,16H,1,8-12H2,2H3;15-17H,1,3-13H2,2H3. The predicted molar refractivity (Wildman–Crippen MR) is 525 cm³/mol. The molecule has 28 nitrogen and oxygen atoms in total. The highest BCUT2D eigenvalue weighted by Crippen LogP contribution is 2.36. The SMILES string of the molecule is C=C(C)C(=O)OC1CCC(C(=O)OCOC2CCCCC2)CC1.C=C(C)C(=O)OC1CCC(C(=O)OCOCC2CCCCC2)CC1.C=C(C)C(=O)OC1CCC(C(=O)OCOCc2ccccc2)CC1.C=C(C)C(=O)OC1CCC(C(=O)OCOc2ccccc2)CC1.C=C(C)C(=O)OC1CCC(COCOCC2CCCCC2)CC1.C=C(C)C(=O)OC1CCC(OCOCC2CCCCC2)CC1. The smallest absolute Gasteiger partial charge is 0.333 e. The second-order valence-electron chi connectivity index (χ2n) is 39.5. The highest BCUT2D eigenvalue weighted by Gasteiger charge is 2.36. The van der Waals surface area contributed by atoms with Crippen LogP contribution in [0.5, 0.6) is 5.75 Å². The lowest BCUT2D eigenvalue weighted by Crippen LogP contribution is -2.30. The summed E-state index contributed by atoms with van der Waals surface area (Å²) < 4.78 is 97.5. The van der Waals surface area contributed by atoms with Crippen molar-refractivity contribution in [3.05, 3.63) is 139 Å². The van der Waals surface area contributed by atoms with Gasteiger partial charge in [-0.2, -0.15) is 0 Å². The summed E-state index contributed by atoms with van der Waals surface area (Å²) in [7, 11) is 0. The minimum atomic E-state index is -0.368. The van der Waals surface area contributed by atoms with Crippen LogP contribution in [-0.2, 0) is 135 Å². The van der Waals surface area contributed by atoms with Gasteiger partial charge in [0.25, 0.3) is 0 Å². The third-order valence-electron chi connectivity index (χ3n) is 27.2. The number of esters is 10. The minimum Gasteiger partial charge on any atom is -0.459 e. The molecule has 0 atom stereocenters. The number of rotatable bonds is 41. The molecule has 0 bridgehead atoms. The zero-order valence-corrected chi connectivity index (χ0v) is 84.6. The third kappa shape index (κ3) is 50.1. The van der Waals surface area contributed by atoms with Crippen LogP contribution in [0, 0.1) is 47.3 Å². The van der Waals surface area contributed by atoms with Crippen molar-refractivity contribution < 1.29 is 133 Å². The number of carbonyl (C=O) groups excluding carboxylic acids is 10. The molecule has 28 heteroatoms. The van der Waals surface area contributed by atoms with E-state index < -0.39 is 0 Å². The molecule has 10 aliphatic rings. The van der Waals surface area contributed by atoms with Crippen LogP contribution in [-0.4, -0.2) is 176 Å². The van der Waals surface area contributed by atoms with Gasteiger partial charge < -0.3 is 85.3 Å². The lowest BCUT2D eigenvalue weighted by Gasteiger charge is -2.28. The highest BCUT2D eigenvalue weighted by atomic mass is 16.7. The fourth-order valence-electron chi connectivity index (χ4n) is 18.5. The molecule has 139 heavy (non-hydrogen) atoms. The van der Waals surface area contributed by atoms with Gasteiger partial charge in [0.15, 0.2) is 20.4 Å². The van der Waals surface area contributed by atoms with Crippen LogP contribution in [0.15, 0.2) is 134 Å². The maximum absolute atomic E-state index is 12.1. The molecule has 0 N–H and O–H groups in total. The third-order valence-corrected chi connectivity index (χ3v) is 27.2. The predicted octanol–water partition coefficient (Wildman–Crippen LogP) is 22.1. The van der Waals surface area contributed by atoms with Gasteiger partial charge in [0, 0.05) is 33.4 Å². The van der Waals surface area contributed by atoms with Crippen molar-refractivity contribution in [2.75, 3.05) is 67.2 Å². The fraction of sp³-hybridized carbons (Fsp3) is 0.694. The van der Waals surface area contributed by atoms with Crippen LogP contribution in [0.2, 0.25) is 0 Å². The van der Waals surface area contributed by atoms with Gasteiger partial charge in [-0.25, -0.2) is 28.8 Å². The number of hydrogen-bond acceptors (Lipinski definition) is 28. The molecular formula is C111H166O28. The first-order valence-corrected chi connectivity index (χ1v) is 51.7. The van der Waals surface area contributed by atoms with E-state index in [9.17, 15) is 47.9 Å². The summed E-state index contributed by atoms with van der Waals surface area (Å²) in [6.45, 7) is 35.8. The average molecular weight is 1950 g/mol. The normalized spacial score (nSPS) is 23.9. The Balaban J connectivity index is 0.000000227. The molecule has 0 saturated heterocycles. The van der Waals surface area contributed by atoms with Gasteiger partial charge in [-0.1, -0.05) is 165 Å². The first-order valence-electron chi connectivity index (χ1n) is 51.7. The van der Waals surface area contributed by atoms with Crippen LogP contribution >= 0.6 is 0 Å². The molecule has 0 radical (unpaired) electrons. The molecule has 10 saturated carbocycles. The zero-order valence-electron chi connectivity index (χ0n) is 84.6. The minimum absolute atomic E-state index is 0.0206. The van der Waals surface area contributed by atoms with E-state index >= 15 is 0 Å². The molecule has 10 fully saturated rings. The maximum atomic E-state index is 12.1.